The molecule has 2 aromatic rings. The molecule has 0 unspecified atom stereocenters. The van der Waals surface area contributed by atoms with Gasteiger partial charge >= 0.3 is 5.97 Å². The number of rotatable bonds is 5. The van der Waals surface area contributed by atoms with Crippen molar-refractivity contribution >= 4 is 29.2 Å². The zero-order chi connectivity index (χ0) is 15.2. The van der Waals surface area contributed by atoms with Gasteiger partial charge in [-0.15, -0.1) is 0 Å². The second-order valence-electron chi connectivity index (χ2n) is 4.03. The molecule has 1 heterocycles. The number of aromatic carboxylic acids is 1. The van der Waals surface area contributed by atoms with E-state index in [0.717, 1.165) is 0 Å². The summed E-state index contributed by atoms with van der Waals surface area (Å²) in [6, 6.07) is 9.46. The molecule has 0 spiro atoms. The van der Waals surface area contributed by atoms with Crippen LogP contribution in [0.4, 0.5) is 5.69 Å². The van der Waals surface area contributed by atoms with Crippen molar-refractivity contribution in [3.8, 4) is 5.75 Å². The summed E-state index contributed by atoms with van der Waals surface area (Å²) in [6.45, 7) is -0.222. The predicted octanol–water partition coefficient (Wildman–Crippen LogP) is 2.45. The van der Waals surface area contributed by atoms with Gasteiger partial charge in [0.05, 0.1) is 6.20 Å². The van der Waals surface area contributed by atoms with Crippen LogP contribution in [-0.4, -0.2) is 28.6 Å². The Kier molecular flexibility index (Phi) is 4.73. The highest BCUT2D eigenvalue weighted by Gasteiger charge is 2.06. The van der Waals surface area contributed by atoms with Crippen LogP contribution in [0.25, 0.3) is 0 Å². The molecule has 1 amide bonds. The summed E-state index contributed by atoms with van der Waals surface area (Å²) in [6.07, 6.45) is 1.25. The number of nitrogens with zero attached hydrogens (tertiary/aromatic N) is 1. The minimum atomic E-state index is -1.12. The van der Waals surface area contributed by atoms with Gasteiger partial charge in [-0.1, -0.05) is 17.7 Å². The van der Waals surface area contributed by atoms with Gasteiger partial charge in [0.2, 0.25) is 0 Å². The normalized spacial score (nSPS) is 9.95. The summed E-state index contributed by atoms with van der Waals surface area (Å²) in [5, 5.41) is 11.8. The van der Waals surface area contributed by atoms with Crippen LogP contribution in [0, 0.1) is 0 Å². The smallest absolute Gasteiger partial charge is 0.354 e. The number of ether oxygens (including phenoxy) is 1. The number of nitrogens with one attached hydrogen (secondary N) is 1. The number of carboxylic acid groups (broad SMARTS) is 1. The molecule has 1 aromatic heterocycles. The maximum atomic E-state index is 11.7. The molecular weight excluding hydrogens is 296 g/mol. The van der Waals surface area contributed by atoms with Crippen molar-refractivity contribution in [3.05, 3.63) is 53.3 Å². The van der Waals surface area contributed by atoms with Crippen molar-refractivity contribution in [2.24, 2.45) is 0 Å². The van der Waals surface area contributed by atoms with Crippen molar-refractivity contribution < 1.29 is 19.4 Å². The molecule has 21 heavy (non-hydrogen) atoms. The van der Waals surface area contributed by atoms with E-state index in [9.17, 15) is 9.59 Å². The molecule has 0 saturated heterocycles. The van der Waals surface area contributed by atoms with Crippen LogP contribution < -0.4 is 10.1 Å². The molecule has 2 rings (SSSR count). The Morgan fingerprint density at radius 1 is 1.29 bits per heavy atom. The molecule has 0 aliphatic rings. The third-order valence-electron chi connectivity index (χ3n) is 2.43. The van der Waals surface area contributed by atoms with Crippen molar-refractivity contribution in [2.75, 3.05) is 11.9 Å². The quantitative estimate of drug-likeness (QED) is 0.885. The van der Waals surface area contributed by atoms with Crippen LogP contribution >= 0.6 is 11.6 Å². The van der Waals surface area contributed by atoms with Gasteiger partial charge in [0.1, 0.15) is 11.4 Å². The third-order valence-corrected chi connectivity index (χ3v) is 2.67. The zero-order valence-corrected chi connectivity index (χ0v) is 11.5. The first-order chi connectivity index (χ1) is 10.0. The van der Waals surface area contributed by atoms with Gasteiger partial charge < -0.3 is 15.2 Å². The maximum Gasteiger partial charge on any atom is 0.354 e. The first kappa shape index (κ1) is 14.8. The van der Waals surface area contributed by atoms with Crippen molar-refractivity contribution in [2.45, 2.75) is 0 Å². The van der Waals surface area contributed by atoms with E-state index in [1.807, 2.05) is 0 Å². The molecule has 0 atom stereocenters. The number of aromatic nitrogens is 1. The lowest BCUT2D eigenvalue weighted by Crippen LogP contribution is -2.20. The molecule has 1 aromatic carbocycles. The molecule has 0 aliphatic heterocycles. The summed E-state index contributed by atoms with van der Waals surface area (Å²) < 4.78 is 5.20. The number of halogens is 1. The fourth-order valence-corrected chi connectivity index (χ4v) is 1.69. The second-order valence-corrected chi connectivity index (χ2v) is 4.47. The minimum Gasteiger partial charge on any atom is -0.482 e. The lowest BCUT2D eigenvalue weighted by molar-refractivity contribution is -0.118. The van der Waals surface area contributed by atoms with Gasteiger partial charge in [0.15, 0.2) is 6.61 Å². The van der Waals surface area contributed by atoms with Crippen LogP contribution in [0.1, 0.15) is 10.5 Å². The second kappa shape index (κ2) is 6.71. The van der Waals surface area contributed by atoms with E-state index in [4.69, 9.17) is 21.4 Å². The van der Waals surface area contributed by atoms with Crippen LogP contribution in [-0.2, 0) is 4.79 Å². The topological polar surface area (TPSA) is 88.5 Å². The average molecular weight is 307 g/mol. The SMILES string of the molecule is O=C(COc1ccc(C(=O)O)nc1)Nc1cccc(Cl)c1. The van der Waals surface area contributed by atoms with Crippen LogP contribution in [0.15, 0.2) is 42.6 Å². The lowest BCUT2D eigenvalue weighted by Gasteiger charge is -2.07. The number of anilines is 1. The molecule has 0 aliphatic carbocycles. The Balaban J connectivity index is 1.87. The average Bonchev–Trinajstić information content (AvgIpc) is 2.45. The van der Waals surface area contributed by atoms with E-state index >= 15 is 0 Å². The lowest BCUT2D eigenvalue weighted by atomic mass is 10.3. The third kappa shape index (κ3) is 4.47. The number of carboxylic acids is 1. The van der Waals surface area contributed by atoms with E-state index < -0.39 is 5.97 Å². The van der Waals surface area contributed by atoms with Gasteiger partial charge in [-0.3, -0.25) is 4.79 Å². The number of carbonyl (C=O) groups is 2. The Labute approximate surface area is 125 Å². The van der Waals surface area contributed by atoms with Crippen LogP contribution in [0.5, 0.6) is 5.75 Å². The van der Waals surface area contributed by atoms with Crippen molar-refractivity contribution in [3.63, 3.8) is 0 Å². The number of hydrogen-bond donors (Lipinski definition) is 2. The van der Waals surface area contributed by atoms with E-state index in [0.29, 0.717) is 16.5 Å². The Morgan fingerprint density at radius 2 is 2.10 bits per heavy atom. The summed E-state index contributed by atoms with van der Waals surface area (Å²) in [5.74, 6) is -1.18. The van der Waals surface area contributed by atoms with Crippen LogP contribution in [0.2, 0.25) is 5.02 Å². The van der Waals surface area contributed by atoms with Crippen LogP contribution in [0.3, 0.4) is 0 Å². The molecular formula is C14H11ClN2O4. The summed E-state index contributed by atoms with van der Waals surface area (Å²) in [5.41, 5.74) is 0.473. The van der Waals surface area contributed by atoms with E-state index in [-0.39, 0.29) is 18.2 Å². The molecule has 0 fully saturated rings. The molecule has 2 N–H and O–H groups in total. The minimum absolute atomic E-state index is 0.0919. The molecule has 0 saturated carbocycles. The van der Waals surface area contributed by atoms with Crippen molar-refractivity contribution in [1.82, 2.24) is 4.98 Å². The Morgan fingerprint density at radius 3 is 2.71 bits per heavy atom. The number of hydrogen-bond acceptors (Lipinski definition) is 4. The van der Waals surface area contributed by atoms with Gasteiger partial charge in [-0.05, 0) is 30.3 Å². The Bertz CT molecular complexity index is 658. The predicted molar refractivity (Wildman–Crippen MR) is 76.8 cm³/mol. The standard InChI is InChI=1S/C14H11ClN2O4/c15-9-2-1-3-10(6-9)17-13(18)8-21-11-4-5-12(14(19)20)16-7-11/h1-7H,8H2,(H,17,18)(H,19,20). The van der Waals surface area contributed by atoms with Gasteiger partial charge in [-0.2, -0.15) is 0 Å². The number of pyridine rings is 1. The highest BCUT2D eigenvalue weighted by atomic mass is 35.5. The van der Waals surface area contributed by atoms with Gasteiger partial charge in [0, 0.05) is 10.7 Å². The van der Waals surface area contributed by atoms with Crippen molar-refractivity contribution in [1.29, 1.82) is 0 Å². The molecule has 108 valence electrons. The summed E-state index contributed by atoms with van der Waals surface area (Å²) in [7, 11) is 0. The number of carbonyl (C=O) groups excluding carboxylic acids is 1. The van der Waals surface area contributed by atoms with Gasteiger partial charge in [0.25, 0.3) is 5.91 Å². The molecule has 7 heteroatoms. The fraction of sp³-hybridized carbons (Fsp3) is 0.0714. The monoisotopic (exact) mass is 306 g/mol. The highest BCUT2D eigenvalue weighted by Crippen LogP contribution is 2.15. The highest BCUT2D eigenvalue weighted by molar-refractivity contribution is 6.30. The largest absolute Gasteiger partial charge is 0.482 e. The maximum absolute atomic E-state index is 11.7. The molecule has 6 nitrogen and oxygen atoms in total. The first-order valence-electron chi connectivity index (χ1n) is 5.92. The zero-order valence-electron chi connectivity index (χ0n) is 10.7. The van der Waals surface area contributed by atoms with E-state index in [1.165, 1.54) is 18.3 Å². The summed E-state index contributed by atoms with van der Waals surface area (Å²) in [4.78, 5) is 26.0. The van der Waals surface area contributed by atoms with E-state index in [2.05, 4.69) is 10.3 Å². The fourth-order valence-electron chi connectivity index (χ4n) is 1.50. The number of amides is 1. The number of benzene rings is 1. The Hall–Kier alpha value is -2.60. The molecule has 0 bridgehead atoms. The van der Waals surface area contributed by atoms with Gasteiger partial charge in [-0.25, -0.2) is 9.78 Å². The molecule has 0 radical (unpaired) electrons. The first-order valence-corrected chi connectivity index (χ1v) is 6.30. The summed E-state index contributed by atoms with van der Waals surface area (Å²) >= 11 is 5.80. The van der Waals surface area contributed by atoms with E-state index in [1.54, 1.807) is 24.3 Å².